The number of aromatic nitrogens is 2. The monoisotopic (exact) mass is 275 g/mol. The molecule has 1 aliphatic carbocycles. The Morgan fingerprint density at radius 2 is 2.05 bits per heavy atom. The summed E-state index contributed by atoms with van der Waals surface area (Å²) in [6.45, 7) is 4.84. The van der Waals surface area contributed by atoms with Gasteiger partial charge in [0.2, 0.25) is 0 Å². The van der Waals surface area contributed by atoms with E-state index in [0.29, 0.717) is 5.92 Å². The second-order valence-corrected chi connectivity index (χ2v) is 6.54. The minimum Gasteiger partial charge on any atom is -0.375 e. The van der Waals surface area contributed by atoms with Gasteiger partial charge in [0.05, 0.1) is 17.0 Å². The smallest absolute Gasteiger partial charge is 0.0685 e. The highest BCUT2D eigenvalue weighted by atomic mass is 16.5. The summed E-state index contributed by atoms with van der Waals surface area (Å²) in [5.41, 5.74) is 9.78. The lowest BCUT2D eigenvalue weighted by Gasteiger charge is -2.40. The van der Waals surface area contributed by atoms with E-state index in [1.165, 1.54) is 25.7 Å². The predicted octanol–water partition coefficient (Wildman–Crippen LogP) is 2.83. The van der Waals surface area contributed by atoms with Gasteiger partial charge in [0, 0.05) is 12.6 Å². The summed E-state index contributed by atoms with van der Waals surface area (Å²) in [6, 6.07) is 2.16. The van der Waals surface area contributed by atoms with Gasteiger partial charge in [0.15, 0.2) is 0 Å². The molecule has 0 amide bonds. The molecular formula is C16H25N3O. The van der Waals surface area contributed by atoms with Crippen molar-refractivity contribution in [2.24, 2.45) is 11.7 Å². The first-order valence-electron chi connectivity index (χ1n) is 7.80. The van der Waals surface area contributed by atoms with E-state index in [-0.39, 0.29) is 11.6 Å². The molecular weight excluding hydrogens is 250 g/mol. The maximum Gasteiger partial charge on any atom is 0.0685 e. The Morgan fingerprint density at radius 3 is 2.80 bits per heavy atom. The van der Waals surface area contributed by atoms with E-state index in [1.54, 1.807) is 0 Å². The van der Waals surface area contributed by atoms with Crippen LogP contribution in [0.3, 0.4) is 0 Å². The van der Waals surface area contributed by atoms with Crippen LogP contribution >= 0.6 is 0 Å². The van der Waals surface area contributed by atoms with E-state index >= 15 is 0 Å². The van der Waals surface area contributed by atoms with Crippen molar-refractivity contribution in [1.82, 2.24) is 10.2 Å². The first kappa shape index (κ1) is 14.0. The van der Waals surface area contributed by atoms with Gasteiger partial charge in [-0.2, -0.15) is 10.2 Å². The number of aryl methyl sites for hydroxylation is 2. The van der Waals surface area contributed by atoms with E-state index in [2.05, 4.69) is 16.3 Å². The lowest BCUT2D eigenvalue weighted by atomic mass is 9.78. The average molecular weight is 275 g/mol. The Bertz CT molecular complexity index is 483. The van der Waals surface area contributed by atoms with Crippen LogP contribution in [-0.2, 0) is 4.74 Å². The topological polar surface area (TPSA) is 61.0 Å². The molecule has 4 heteroatoms. The molecule has 0 aromatic carbocycles. The largest absolute Gasteiger partial charge is 0.375 e. The first-order valence-corrected chi connectivity index (χ1v) is 7.80. The molecule has 1 aromatic rings. The van der Waals surface area contributed by atoms with Gasteiger partial charge in [-0.1, -0.05) is 12.8 Å². The maximum absolute atomic E-state index is 6.57. The van der Waals surface area contributed by atoms with E-state index in [0.717, 1.165) is 36.4 Å². The molecule has 2 fully saturated rings. The number of rotatable bonds is 2. The van der Waals surface area contributed by atoms with Crippen LogP contribution in [0.25, 0.3) is 0 Å². The molecule has 4 nitrogen and oxygen atoms in total. The standard InChI is InChI=1S/C16H25N3O/c1-11-9-14(12(2)19-18-11)15(17)13-5-8-20-16(10-13)6-3-4-7-16/h9,13,15H,3-8,10,17H2,1-2H3. The summed E-state index contributed by atoms with van der Waals surface area (Å²) in [4.78, 5) is 0. The Morgan fingerprint density at radius 1 is 1.30 bits per heavy atom. The van der Waals surface area contributed by atoms with Crippen molar-refractivity contribution in [3.8, 4) is 0 Å². The van der Waals surface area contributed by atoms with Crippen LogP contribution in [0.1, 0.15) is 61.5 Å². The third kappa shape index (κ3) is 2.59. The van der Waals surface area contributed by atoms with Crippen LogP contribution in [0, 0.1) is 19.8 Å². The number of nitrogens with two attached hydrogens (primary N) is 1. The lowest BCUT2D eigenvalue weighted by Crippen LogP contribution is -2.41. The van der Waals surface area contributed by atoms with Crippen LogP contribution < -0.4 is 5.73 Å². The van der Waals surface area contributed by atoms with Gasteiger partial charge in [-0.25, -0.2) is 0 Å². The predicted molar refractivity (Wildman–Crippen MR) is 78.3 cm³/mol. The van der Waals surface area contributed by atoms with Gasteiger partial charge in [-0.15, -0.1) is 0 Å². The molecule has 1 aromatic heterocycles. The van der Waals surface area contributed by atoms with Crippen LogP contribution in [0.2, 0.25) is 0 Å². The zero-order valence-electron chi connectivity index (χ0n) is 12.6. The summed E-state index contributed by atoms with van der Waals surface area (Å²) in [5.74, 6) is 0.504. The first-order chi connectivity index (χ1) is 9.60. The maximum atomic E-state index is 6.57. The summed E-state index contributed by atoms with van der Waals surface area (Å²) >= 11 is 0. The van der Waals surface area contributed by atoms with E-state index < -0.39 is 0 Å². The SMILES string of the molecule is Cc1cc(C(N)C2CCOC3(CCCC3)C2)c(C)nn1. The van der Waals surface area contributed by atoms with Crippen molar-refractivity contribution >= 4 is 0 Å². The molecule has 1 saturated heterocycles. The molecule has 0 bridgehead atoms. The Hall–Kier alpha value is -1.00. The molecule has 1 saturated carbocycles. The molecule has 110 valence electrons. The molecule has 2 heterocycles. The Balaban J connectivity index is 1.79. The molecule has 20 heavy (non-hydrogen) atoms. The zero-order valence-corrected chi connectivity index (χ0v) is 12.6. The number of nitrogens with zero attached hydrogens (tertiary/aromatic N) is 2. The van der Waals surface area contributed by atoms with Crippen molar-refractivity contribution in [2.75, 3.05) is 6.61 Å². The van der Waals surface area contributed by atoms with Crippen LogP contribution in [-0.4, -0.2) is 22.4 Å². The highest BCUT2D eigenvalue weighted by Crippen LogP contribution is 2.44. The number of ether oxygens (including phenoxy) is 1. The van der Waals surface area contributed by atoms with E-state index in [4.69, 9.17) is 10.5 Å². The van der Waals surface area contributed by atoms with Crippen LogP contribution in [0.15, 0.2) is 6.07 Å². The second-order valence-electron chi connectivity index (χ2n) is 6.54. The third-order valence-electron chi connectivity index (χ3n) is 5.05. The van der Waals surface area contributed by atoms with Gasteiger partial charge in [0.25, 0.3) is 0 Å². The highest BCUT2D eigenvalue weighted by molar-refractivity contribution is 5.24. The van der Waals surface area contributed by atoms with Gasteiger partial charge in [0.1, 0.15) is 0 Å². The number of hydrogen-bond donors (Lipinski definition) is 1. The van der Waals surface area contributed by atoms with Crippen molar-refractivity contribution in [3.05, 3.63) is 23.0 Å². The fourth-order valence-corrected chi connectivity index (χ4v) is 3.90. The Labute approximate surface area is 121 Å². The summed E-state index contributed by atoms with van der Waals surface area (Å²) in [5, 5.41) is 8.33. The normalized spacial score (nSPS) is 26.9. The highest BCUT2D eigenvalue weighted by Gasteiger charge is 2.41. The van der Waals surface area contributed by atoms with Crippen molar-refractivity contribution in [1.29, 1.82) is 0 Å². The molecule has 2 N–H and O–H groups in total. The zero-order chi connectivity index (χ0) is 14.2. The lowest BCUT2D eigenvalue weighted by molar-refractivity contribution is -0.0964. The molecule has 0 radical (unpaired) electrons. The van der Waals surface area contributed by atoms with Crippen molar-refractivity contribution in [3.63, 3.8) is 0 Å². The Kier molecular flexibility index (Phi) is 3.78. The van der Waals surface area contributed by atoms with Gasteiger partial charge in [-0.3, -0.25) is 0 Å². The molecule has 3 rings (SSSR count). The van der Waals surface area contributed by atoms with Gasteiger partial charge in [-0.05, 0) is 57.1 Å². The van der Waals surface area contributed by atoms with Crippen LogP contribution in [0.4, 0.5) is 0 Å². The van der Waals surface area contributed by atoms with Gasteiger partial charge >= 0.3 is 0 Å². The third-order valence-corrected chi connectivity index (χ3v) is 5.05. The second kappa shape index (κ2) is 5.41. The molecule has 2 aliphatic rings. The number of hydrogen-bond acceptors (Lipinski definition) is 4. The van der Waals surface area contributed by atoms with E-state index in [1.807, 2.05) is 13.8 Å². The molecule has 2 atom stereocenters. The summed E-state index contributed by atoms with van der Waals surface area (Å²) < 4.78 is 6.11. The van der Waals surface area contributed by atoms with E-state index in [9.17, 15) is 0 Å². The quantitative estimate of drug-likeness (QED) is 0.901. The van der Waals surface area contributed by atoms with Gasteiger partial charge < -0.3 is 10.5 Å². The summed E-state index contributed by atoms with van der Waals surface area (Å²) in [6.07, 6.45) is 7.19. The molecule has 1 spiro atoms. The fraction of sp³-hybridized carbons (Fsp3) is 0.750. The summed E-state index contributed by atoms with van der Waals surface area (Å²) in [7, 11) is 0. The minimum atomic E-state index is 0.0607. The molecule has 1 aliphatic heterocycles. The van der Waals surface area contributed by atoms with Crippen molar-refractivity contribution in [2.45, 2.75) is 64.0 Å². The molecule has 2 unspecified atom stereocenters. The average Bonchev–Trinajstić information content (AvgIpc) is 2.88. The van der Waals surface area contributed by atoms with Crippen molar-refractivity contribution < 1.29 is 4.74 Å². The van der Waals surface area contributed by atoms with Crippen LogP contribution in [0.5, 0.6) is 0 Å². The minimum absolute atomic E-state index is 0.0607. The fourth-order valence-electron chi connectivity index (χ4n) is 3.90.